The quantitative estimate of drug-likeness (QED) is 0.870. The van der Waals surface area contributed by atoms with Crippen LogP contribution in [0.2, 0.25) is 0 Å². The molecular formula is C10H13IN2O. The van der Waals surface area contributed by atoms with E-state index in [0.717, 1.165) is 18.7 Å². The Bertz CT molecular complexity index is 313. The van der Waals surface area contributed by atoms with Crippen molar-refractivity contribution < 1.29 is 4.74 Å². The number of halogens is 1. The summed E-state index contributed by atoms with van der Waals surface area (Å²) in [6.07, 6.45) is 4.43. The summed E-state index contributed by atoms with van der Waals surface area (Å²) >= 11 is 2.29. The summed E-state index contributed by atoms with van der Waals surface area (Å²) in [5.74, 6) is 0.993. The third-order valence-corrected chi connectivity index (χ3v) is 3.40. The SMILES string of the molecule is COC1CC(Nc2ncccc2I)C1. The van der Waals surface area contributed by atoms with Gasteiger partial charge in [-0.25, -0.2) is 4.98 Å². The molecule has 0 aromatic carbocycles. The fourth-order valence-corrected chi connectivity index (χ4v) is 2.06. The van der Waals surface area contributed by atoms with E-state index in [4.69, 9.17) is 4.74 Å². The minimum absolute atomic E-state index is 0.439. The van der Waals surface area contributed by atoms with E-state index in [1.54, 1.807) is 7.11 Å². The first-order valence-electron chi connectivity index (χ1n) is 4.69. The van der Waals surface area contributed by atoms with Crippen molar-refractivity contribution >= 4 is 28.4 Å². The van der Waals surface area contributed by atoms with Gasteiger partial charge in [0, 0.05) is 19.3 Å². The first-order chi connectivity index (χ1) is 6.79. The molecule has 0 aliphatic heterocycles. The largest absolute Gasteiger partial charge is 0.381 e. The summed E-state index contributed by atoms with van der Waals surface area (Å²) in [5, 5.41) is 3.41. The molecule has 0 radical (unpaired) electrons. The predicted molar refractivity (Wildman–Crippen MR) is 64.4 cm³/mol. The maximum Gasteiger partial charge on any atom is 0.139 e. The van der Waals surface area contributed by atoms with E-state index in [-0.39, 0.29) is 0 Å². The fourth-order valence-electron chi connectivity index (χ4n) is 1.56. The van der Waals surface area contributed by atoms with Crippen molar-refractivity contribution in [3.05, 3.63) is 21.9 Å². The Morgan fingerprint density at radius 2 is 2.36 bits per heavy atom. The smallest absolute Gasteiger partial charge is 0.139 e. The molecule has 76 valence electrons. The molecule has 1 heterocycles. The van der Waals surface area contributed by atoms with Crippen LogP contribution in [0.15, 0.2) is 18.3 Å². The van der Waals surface area contributed by atoms with E-state index in [2.05, 4.69) is 39.0 Å². The number of hydrogen-bond donors (Lipinski definition) is 1. The monoisotopic (exact) mass is 304 g/mol. The van der Waals surface area contributed by atoms with Gasteiger partial charge in [0.1, 0.15) is 5.82 Å². The van der Waals surface area contributed by atoms with Crippen molar-refractivity contribution in [2.75, 3.05) is 12.4 Å². The maximum absolute atomic E-state index is 5.22. The van der Waals surface area contributed by atoms with Gasteiger partial charge >= 0.3 is 0 Å². The molecule has 0 saturated heterocycles. The lowest BCUT2D eigenvalue weighted by Crippen LogP contribution is -2.40. The van der Waals surface area contributed by atoms with Crippen LogP contribution in [0.25, 0.3) is 0 Å². The lowest BCUT2D eigenvalue weighted by molar-refractivity contribution is 0.0328. The molecule has 1 aromatic heterocycles. The second-order valence-corrected chi connectivity index (χ2v) is 4.67. The molecule has 1 aromatic rings. The van der Waals surface area contributed by atoms with Gasteiger partial charge in [0.25, 0.3) is 0 Å². The number of hydrogen-bond acceptors (Lipinski definition) is 3. The van der Waals surface area contributed by atoms with E-state index >= 15 is 0 Å². The number of nitrogens with one attached hydrogen (secondary N) is 1. The van der Waals surface area contributed by atoms with Crippen LogP contribution in [0.1, 0.15) is 12.8 Å². The van der Waals surface area contributed by atoms with Gasteiger partial charge in [-0.05, 0) is 47.6 Å². The van der Waals surface area contributed by atoms with Crippen molar-refractivity contribution in [3.63, 3.8) is 0 Å². The molecule has 0 atom stereocenters. The van der Waals surface area contributed by atoms with Crippen molar-refractivity contribution in [2.24, 2.45) is 0 Å². The highest BCUT2D eigenvalue weighted by molar-refractivity contribution is 14.1. The highest BCUT2D eigenvalue weighted by Gasteiger charge is 2.29. The van der Waals surface area contributed by atoms with Crippen LogP contribution >= 0.6 is 22.6 Å². The van der Waals surface area contributed by atoms with Gasteiger partial charge in [-0.1, -0.05) is 0 Å². The number of nitrogens with zero attached hydrogens (tertiary/aromatic N) is 1. The normalized spacial score (nSPS) is 25.6. The van der Waals surface area contributed by atoms with Gasteiger partial charge in [0.15, 0.2) is 0 Å². The summed E-state index contributed by atoms with van der Waals surface area (Å²) in [6, 6.07) is 4.54. The molecule has 0 amide bonds. The zero-order valence-electron chi connectivity index (χ0n) is 8.03. The summed E-state index contributed by atoms with van der Waals surface area (Å²) in [6.45, 7) is 0. The number of pyridine rings is 1. The molecule has 1 saturated carbocycles. The first-order valence-corrected chi connectivity index (χ1v) is 5.77. The van der Waals surface area contributed by atoms with Crippen LogP contribution in [-0.2, 0) is 4.74 Å². The average molecular weight is 304 g/mol. The van der Waals surface area contributed by atoms with Gasteiger partial charge < -0.3 is 10.1 Å². The van der Waals surface area contributed by atoms with Gasteiger partial charge in [-0.15, -0.1) is 0 Å². The number of aromatic nitrogens is 1. The minimum Gasteiger partial charge on any atom is -0.381 e. The summed E-state index contributed by atoms with van der Waals surface area (Å²) in [7, 11) is 1.77. The molecule has 1 fully saturated rings. The van der Waals surface area contributed by atoms with Gasteiger partial charge in [-0.2, -0.15) is 0 Å². The Morgan fingerprint density at radius 1 is 1.57 bits per heavy atom. The Labute approximate surface area is 97.4 Å². The van der Waals surface area contributed by atoms with E-state index in [9.17, 15) is 0 Å². The molecule has 4 heteroatoms. The predicted octanol–water partition coefficient (Wildman–Crippen LogP) is 2.28. The minimum atomic E-state index is 0.439. The number of rotatable bonds is 3. The average Bonchev–Trinajstić information content (AvgIpc) is 2.13. The summed E-state index contributed by atoms with van der Waals surface area (Å²) in [4.78, 5) is 4.29. The van der Waals surface area contributed by atoms with Crippen LogP contribution in [0, 0.1) is 3.57 Å². The van der Waals surface area contributed by atoms with Gasteiger partial charge in [-0.3, -0.25) is 0 Å². The second kappa shape index (κ2) is 4.44. The first kappa shape index (κ1) is 10.2. The Hall–Kier alpha value is -0.360. The molecule has 14 heavy (non-hydrogen) atoms. The van der Waals surface area contributed by atoms with E-state index in [1.807, 2.05) is 12.3 Å². The molecule has 3 nitrogen and oxygen atoms in total. The zero-order valence-corrected chi connectivity index (χ0v) is 10.2. The van der Waals surface area contributed by atoms with Crippen molar-refractivity contribution in [3.8, 4) is 0 Å². The molecule has 0 unspecified atom stereocenters. The third-order valence-electron chi connectivity index (χ3n) is 2.53. The lowest BCUT2D eigenvalue weighted by atomic mass is 9.89. The van der Waals surface area contributed by atoms with Gasteiger partial charge in [0.05, 0.1) is 9.67 Å². The highest BCUT2D eigenvalue weighted by Crippen LogP contribution is 2.26. The van der Waals surface area contributed by atoms with Crippen molar-refractivity contribution in [2.45, 2.75) is 25.0 Å². The van der Waals surface area contributed by atoms with E-state index in [1.165, 1.54) is 3.57 Å². The van der Waals surface area contributed by atoms with Gasteiger partial charge in [0.2, 0.25) is 0 Å². The molecule has 1 aliphatic carbocycles. The number of methoxy groups -OCH3 is 1. The molecule has 1 aliphatic rings. The van der Waals surface area contributed by atoms with Crippen LogP contribution in [0.4, 0.5) is 5.82 Å². The van der Waals surface area contributed by atoms with Crippen LogP contribution in [0.3, 0.4) is 0 Å². The Balaban J connectivity index is 1.90. The molecular weight excluding hydrogens is 291 g/mol. The maximum atomic E-state index is 5.22. The number of anilines is 1. The molecule has 2 rings (SSSR count). The fraction of sp³-hybridized carbons (Fsp3) is 0.500. The Morgan fingerprint density at radius 3 is 3.00 bits per heavy atom. The van der Waals surface area contributed by atoms with Crippen LogP contribution in [-0.4, -0.2) is 24.2 Å². The van der Waals surface area contributed by atoms with E-state index in [0.29, 0.717) is 12.1 Å². The molecule has 0 bridgehead atoms. The summed E-state index contributed by atoms with van der Waals surface area (Å²) in [5.41, 5.74) is 0. The standard InChI is InChI=1S/C10H13IN2O/c1-14-8-5-7(6-8)13-10-9(11)3-2-4-12-10/h2-4,7-8H,5-6H2,1H3,(H,12,13). The summed E-state index contributed by atoms with van der Waals surface area (Å²) < 4.78 is 6.39. The second-order valence-electron chi connectivity index (χ2n) is 3.50. The number of ether oxygens (including phenoxy) is 1. The lowest BCUT2D eigenvalue weighted by Gasteiger charge is -2.35. The van der Waals surface area contributed by atoms with Crippen molar-refractivity contribution in [1.82, 2.24) is 4.98 Å². The molecule has 1 N–H and O–H groups in total. The van der Waals surface area contributed by atoms with E-state index < -0.39 is 0 Å². The van der Waals surface area contributed by atoms with Crippen molar-refractivity contribution in [1.29, 1.82) is 0 Å². The zero-order chi connectivity index (χ0) is 9.97. The third kappa shape index (κ3) is 2.17. The van der Waals surface area contributed by atoms with Crippen LogP contribution in [0.5, 0.6) is 0 Å². The van der Waals surface area contributed by atoms with Crippen LogP contribution < -0.4 is 5.32 Å². The molecule has 0 spiro atoms. The topological polar surface area (TPSA) is 34.1 Å². The Kier molecular flexibility index (Phi) is 3.22. The highest BCUT2D eigenvalue weighted by atomic mass is 127.